The summed E-state index contributed by atoms with van der Waals surface area (Å²) in [7, 11) is -3.99. The third-order valence-corrected chi connectivity index (χ3v) is 5.49. The van der Waals surface area contributed by atoms with Crippen LogP contribution in [0.4, 0.5) is 13.2 Å². The molecular formula is C12H15F3N2O2S. The number of halogens is 3. The highest BCUT2D eigenvalue weighted by molar-refractivity contribution is 7.89. The summed E-state index contributed by atoms with van der Waals surface area (Å²) in [6, 6.07) is 3.16. The molecule has 1 unspecified atom stereocenters. The monoisotopic (exact) mass is 308 g/mol. The molecule has 1 aliphatic rings. The zero-order chi connectivity index (χ0) is 15.1. The Balaban J connectivity index is 2.53. The first-order valence-corrected chi connectivity index (χ1v) is 7.54. The Morgan fingerprint density at radius 1 is 1.35 bits per heavy atom. The SMILES string of the molecule is Cc1c(C(F)(F)F)cccc1S(=O)(=O)N1CCCC1N. The maximum absolute atomic E-state index is 12.8. The molecule has 1 saturated heterocycles. The van der Waals surface area contributed by atoms with Crippen molar-refractivity contribution < 1.29 is 21.6 Å². The Morgan fingerprint density at radius 3 is 2.50 bits per heavy atom. The largest absolute Gasteiger partial charge is 0.416 e. The quantitative estimate of drug-likeness (QED) is 0.910. The van der Waals surface area contributed by atoms with Gasteiger partial charge in [-0.3, -0.25) is 0 Å². The second-order valence-corrected chi connectivity index (χ2v) is 6.61. The van der Waals surface area contributed by atoms with Crippen LogP contribution < -0.4 is 5.73 Å². The number of rotatable bonds is 2. The van der Waals surface area contributed by atoms with E-state index in [0.717, 1.165) is 23.4 Å². The molecule has 1 atom stereocenters. The average molecular weight is 308 g/mol. The highest BCUT2D eigenvalue weighted by atomic mass is 32.2. The van der Waals surface area contributed by atoms with Gasteiger partial charge in [0.05, 0.1) is 16.6 Å². The van der Waals surface area contributed by atoms with Crippen LogP contribution in [0, 0.1) is 6.92 Å². The van der Waals surface area contributed by atoms with Gasteiger partial charge in [-0.2, -0.15) is 17.5 Å². The van der Waals surface area contributed by atoms with Crippen LogP contribution in [-0.4, -0.2) is 25.4 Å². The number of nitrogens with zero attached hydrogens (tertiary/aromatic N) is 1. The van der Waals surface area contributed by atoms with E-state index in [1.165, 1.54) is 6.07 Å². The zero-order valence-electron chi connectivity index (χ0n) is 10.8. The smallest absolute Gasteiger partial charge is 0.315 e. The number of hydrogen-bond acceptors (Lipinski definition) is 3. The van der Waals surface area contributed by atoms with E-state index in [0.29, 0.717) is 12.8 Å². The molecule has 112 valence electrons. The molecule has 1 aromatic rings. The van der Waals surface area contributed by atoms with Gasteiger partial charge in [-0.05, 0) is 37.5 Å². The van der Waals surface area contributed by atoms with Gasteiger partial charge in [-0.1, -0.05) is 6.07 Å². The standard InChI is InChI=1S/C12H15F3N2O2S/c1-8-9(12(13,14)15)4-2-5-10(8)20(18,19)17-7-3-6-11(17)16/h2,4-5,11H,3,6-7,16H2,1H3. The van der Waals surface area contributed by atoms with Crippen molar-refractivity contribution in [2.75, 3.05) is 6.54 Å². The van der Waals surface area contributed by atoms with Gasteiger partial charge in [0.2, 0.25) is 10.0 Å². The van der Waals surface area contributed by atoms with Gasteiger partial charge in [0.15, 0.2) is 0 Å². The first kappa shape index (κ1) is 15.3. The van der Waals surface area contributed by atoms with Crippen LogP contribution in [0.3, 0.4) is 0 Å². The van der Waals surface area contributed by atoms with Crippen LogP contribution >= 0.6 is 0 Å². The van der Waals surface area contributed by atoms with E-state index in [4.69, 9.17) is 5.73 Å². The second kappa shape index (κ2) is 5.01. The second-order valence-electron chi connectivity index (χ2n) is 4.75. The van der Waals surface area contributed by atoms with E-state index < -0.39 is 27.9 Å². The number of nitrogens with two attached hydrogens (primary N) is 1. The molecular weight excluding hydrogens is 293 g/mol. The van der Waals surface area contributed by atoms with E-state index in [2.05, 4.69) is 0 Å². The Bertz CT molecular complexity index is 614. The average Bonchev–Trinajstić information content (AvgIpc) is 2.74. The van der Waals surface area contributed by atoms with Gasteiger partial charge in [0.1, 0.15) is 0 Å². The summed E-state index contributed by atoms with van der Waals surface area (Å²) >= 11 is 0. The minimum Gasteiger partial charge on any atom is -0.315 e. The molecule has 1 fully saturated rings. The van der Waals surface area contributed by atoms with Gasteiger partial charge >= 0.3 is 6.18 Å². The molecule has 1 heterocycles. The van der Waals surface area contributed by atoms with E-state index in [-0.39, 0.29) is 17.0 Å². The molecule has 0 saturated carbocycles. The van der Waals surface area contributed by atoms with Crippen molar-refractivity contribution in [3.63, 3.8) is 0 Å². The Hall–Kier alpha value is -1.12. The summed E-state index contributed by atoms with van der Waals surface area (Å²) in [5.74, 6) is 0. The van der Waals surface area contributed by atoms with Crippen LogP contribution in [0.15, 0.2) is 23.1 Å². The van der Waals surface area contributed by atoms with Crippen molar-refractivity contribution >= 4 is 10.0 Å². The first-order chi connectivity index (χ1) is 9.15. The minimum absolute atomic E-state index is 0.235. The first-order valence-electron chi connectivity index (χ1n) is 6.10. The zero-order valence-corrected chi connectivity index (χ0v) is 11.6. The maximum Gasteiger partial charge on any atom is 0.416 e. The van der Waals surface area contributed by atoms with E-state index in [1.54, 1.807) is 0 Å². The van der Waals surface area contributed by atoms with E-state index >= 15 is 0 Å². The normalized spacial score (nSPS) is 21.4. The van der Waals surface area contributed by atoms with Gasteiger partial charge < -0.3 is 5.73 Å². The van der Waals surface area contributed by atoms with Gasteiger partial charge in [0.25, 0.3) is 0 Å². The van der Waals surface area contributed by atoms with Crippen molar-refractivity contribution in [1.29, 1.82) is 0 Å². The molecule has 2 rings (SSSR count). The van der Waals surface area contributed by atoms with Crippen molar-refractivity contribution in [2.24, 2.45) is 5.73 Å². The van der Waals surface area contributed by atoms with Crippen LogP contribution in [-0.2, 0) is 16.2 Å². The molecule has 2 N–H and O–H groups in total. The van der Waals surface area contributed by atoms with Crippen LogP contribution in [0.25, 0.3) is 0 Å². The molecule has 0 spiro atoms. The van der Waals surface area contributed by atoms with Crippen molar-refractivity contribution in [1.82, 2.24) is 4.31 Å². The predicted molar refractivity (Wildman–Crippen MR) is 67.3 cm³/mol. The molecule has 1 aromatic carbocycles. The fraction of sp³-hybridized carbons (Fsp3) is 0.500. The molecule has 0 aromatic heterocycles. The predicted octanol–water partition coefficient (Wildman–Crippen LogP) is 2.08. The lowest BCUT2D eigenvalue weighted by Gasteiger charge is -2.23. The summed E-state index contributed by atoms with van der Waals surface area (Å²) in [5.41, 5.74) is 4.47. The minimum atomic E-state index is -4.58. The lowest BCUT2D eigenvalue weighted by Crippen LogP contribution is -2.41. The number of hydrogen-bond donors (Lipinski definition) is 1. The molecule has 0 amide bonds. The van der Waals surface area contributed by atoms with Gasteiger partial charge in [0, 0.05) is 6.54 Å². The van der Waals surface area contributed by atoms with Gasteiger partial charge in [-0.25, -0.2) is 8.42 Å². The lowest BCUT2D eigenvalue weighted by atomic mass is 10.1. The van der Waals surface area contributed by atoms with E-state index in [1.807, 2.05) is 0 Å². The maximum atomic E-state index is 12.8. The van der Waals surface area contributed by atoms with Gasteiger partial charge in [-0.15, -0.1) is 0 Å². The van der Waals surface area contributed by atoms with Crippen LogP contribution in [0.1, 0.15) is 24.0 Å². The summed E-state index contributed by atoms with van der Waals surface area (Å²) in [4.78, 5) is -0.329. The summed E-state index contributed by atoms with van der Waals surface area (Å²) in [6.07, 6.45) is -4.13. The Morgan fingerprint density at radius 2 is 2.00 bits per heavy atom. The summed E-state index contributed by atoms with van der Waals surface area (Å²) in [5, 5.41) is 0. The molecule has 8 heteroatoms. The molecule has 1 aliphatic heterocycles. The van der Waals surface area contributed by atoms with E-state index in [9.17, 15) is 21.6 Å². The van der Waals surface area contributed by atoms with Crippen LogP contribution in [0.5, 0.6) is 0 Å². The lowest BCUT2D eigenvalue weighted by molar-refractivity contribution is -0.138. The Kier molecular flexibility index (Phi) is 3.83. The molecule has 0 radical (unpaired) electrons. The summed E-state index contributed by atoms with van der Waals surface area (Å²) in [6.45, 7) is 1.40. The highest BCUT2D eigenvalue weighted by Crippen LogP contribution is 2.35. The molecule has 0 aliphatic carbocycles. The molecule has 4 nitrogen and oxygen atoms in total. The summed E-state index contributed by atoms with van der Waals surface area (Å²) < 4.78 is 64.4. The third kappa shape index (κ3) is 2.55. The highest BCUT2D eigenvalue weighted by Gasteiger charge is 2.38. The number of sulfonamides is 1. The van der Waals surface area contributed by atoms with Crippen molar-refractivity contribution in [3.8, 4) is 0 Å². The third-order valence-electron chi connectivity index (χ3n) is 3.42. The molecule has 0 bridgehead atoms. The topological polar surface area (TPSA) is 63.4 Å². The number of alkyl halides is 3. The Labute approximate surface area is 115 Å². The van der Waals surface area contributed by atoms with Crippen molar-refractivity contribution in [2.45, 2.75) is 37.0 Å². The number of benzene rings is 1. The fourth-order valence-corrected chi connectivity index (χ4v) is 4.22. The molecule has 20 heavy (non-hydrogen) atoms. The van der Waals surface area contributed by atoms with Crippen molar-refractivity contribution in [3.05, 3.63) is 29.3 Å². The fourth-order valence-electron chi connectivity index (χ4n) is 2.39. The van der Waals surface area contributed by atoms with Crippen LogP contribution in [0.2, 0.25) is 0 Å².